The minimum absolute atomic E-state index is 0.167. The first-order valence-electron chi connectivity index (χ1n) is 7.99. The molecule has 6 heteroatoms. The van der Waals surface area contributed by atoms with E-state index in [1.807, 2.05) is 19.9 Å². The van der Waals surface area contributed by atoms with E-state index in [1.54, 1.807) is 12.1 Å². The van der Waals surface area contributed by atoms with Gasteiger partial charge in [-0.25, -0.2) is 4.79 Å². The van der Waals surface area contributed by atoms with Gasteiger partial charge in [0.1, 0.15) is 17.1 Å². The zero-order valence-electron chi connectivity index (χ0n) is 14.9. The van der Waals surface area contributed by atoms with Gasteiger partial charge in [0.15, 0.2) is 5.43 Å². The van der Waals surface area contributed by atoms with E-state index in [9.17, 15) is 19.8 Å². The summed E-state index contributed by atoms with van der Waals surface area (Å²) in [5.41, 5.74) is 1.87. The highest BCUT2D eigenvalue weighted by molar-refractivity contribution is 5.97. The molecule has 1 heterocycles. The Kier molecular flexibility index (Phi) is 6.01. The van der Waals surface area contributed by atoms with Gasteiger partial charge in [-0.1, -0.05) is 17.7 Å². The van der Waals surface area contributed by atoms with Crippen LogP contribution in [0.3, 0.4) is 0 Å². The average molecular weight is 355 g/mol. The summed E-state index contributed by atoms with van der Waals surface area (Å²) in [6.45, 7) is 3.83. The number of aromatic carboxylic acids is 1. The standard InChI is InChI=1S/C20H21NO5/c1-12(2)4-7-16-17(26-3)10-13(18(19(16)23)20(24)25)5-6-14-11-15(22)8-9-21-14/h4-6,8-11,23H,7H2,1-3H3,(H,21,22)(H,24,25). The number of ether oxygens (including phenoxy) is 1. The first-order chi connectivity index (χ1) is 12.3. The molecule has 136 valence electrons. The normalized spacial score (nSPS) is 10.7. The molecular formula is C20H21NO5. The van der Waals surface area contributed by atoms with Crippen molar-refractivity contribution < 1.29 is 19.7 Å². The lowest BCUT2D eigenvalue weighted by atomic mass is 9.97. The predicted molar refractivity (Wildman–Crippen MR) is 101 cm³/mol. The number of phenols is 1. The molecule has 3 N–H and O–H groups in total. The number of hydrogen-bond donors (Lipinski definition) is 3. The molecule has 0 aliphatic heterocycles. The van der Waals surface area contributed by atoms with Gasteiger partial charge in [-0.15, -0.1) is 0 Å². The number of allylic oxidation sites excluding steroid dienone is 2. The van der Waals surface area contributed by atoms with Crippen LogP contribution in [0.25, 0.3) is 12.2 Å². The number of nitrogens with one attached hydrogen (secondary N) is 1. The monoisotopic (exact) mass is 355 g/mol. The Hall–Kier alpha value is -3.28. The fraction of sp³-hybridized carbons (Fsp3) is 0.200. The third-order valence-electron chi connectivity index (χ3n) is 3.78. The number of carbonyl (C=O) groups is 1. The van der Waals surface area contributed by atoms with Crippen LogP contribution in [0.4, 0.5) is 0 Å². The lowest BCUT2D eigenvalue weighted by Crippen LogP contribution is -2.05. The van der Waals surface area contributed by atoms with Gasteiger partial charge in [-0.3, -0.25) is 4.79 Å². The minimum atomic E-state index is -1.25. The molecule has 0 saturated carbocycles. The Bertz CT molecular complexity index is 934. The Balaban J connectivity index is 2.58. The van der Waals surface area contributed by atoms with Crippen LogP contribution in [0.1, 0.15) is 41.0 Å². The quantitative estimate of drug-likeness (QED) is 0.689. The summed E-state index contributed by atoms with van der Waals surface area (Å²) in [7, 11) is 1.46. The zero-order chi connectivity index (χ0) is 19.3. The SMILES string of the molecule is COc1cc(C=Cc2cc(=O)cc[nH]2)c(C(=O)O)c(O)c1CC=C(C)C. The summed E-state index contributed by atoms with van der Waals surface area (Å²) < 4.78 is 5.33. The fourth-order valence-electron chi connectivity index (χ4n) is 2.49. The third kappa shape index (κ3) is 4.42. The molecule has 0 unspecified atom stereocenters. The number of carboxylic acid groups (broad SMARTS) is 1. The second-order valence-electron chi connectivity index (χ2n) is 5.97. The van der Waals surface area contributed by atoms with Crippen LogP contribution >= 0.6 is 0 Å². The molecule has 26 heavy (non-hydrogen) atoms. The first kappa shape index (κ1) is 19.1. The number of aromatic amines is 1. The van der Waals surface area contributed by atoms with E-state index in [0.717, 1.165) is 5.57 Å². The van der Waals surface area contributed by atoms with E-state index in [1.165, 1.54) is 31.5 Å². The summed E-state index contributed by atoms with van der Waals surface area (Å²) in [5, 5.41) is 20.1. The van der Waals surface area contributed by atoms with Crippen molar-refractivity contribution in [2.75, 3.05) is 7.11 Å². The number of pyridine rings is 1. The molecule has 0 fully saturated rings. The molecule has 1 aromatic carbocycles. The molecular weight excluding hydrogens is 334 g/mol. The number of hydrogen-bond acceptors (Lipinski definition) is 4. The van der Waals surface area contributed by atoms with Crippen molar-refractivity contribution in [3.63, 3.8) is 0 Å². The number of rotatable bonds is 6. The predicted octanol–water partition coefficient (Wildman–Crippen LogP) is 3.47. The molecule has 0 radical (unpaired) electrons. The van der Waals surface area contributed by atoms with Crippen LogP contribution in [0.15, 0.2) is 40.8 Å². The van der Waals surface area contributed by atoms with E-state index in [0.29, 0.717) is 23.4 Å². The summed E-state index contributed by atoms with van der Waals surface area (Å²) in [6.07, 6.45) is 6.82. The fourth-order valence-corrected chi connectivity index (χ4v) is 2.49. The Morgan fingerprint density at radius 1 is 1.27 bits per heavy atom. The summed E-state index contributed by atoms with van der Waals surface area (Å²) in [4.78, 5) is 26.0. The Labute approximate surface area is 151 Å². The van der Waals surface area contributed by atoms with Crippen molar-refractivity contribution in [3.05, 3.63) is 68.7 Å². The molecule has 0 amide bonds. The molecule has 6 nitrogen and oxygen atoms in total. The smallest absolute Gasteiger partial charge is 0.340 e. The third-order valence-corrected chi connectivity index (χ3v) is 3.78. The van der Waals surface area contributed by atoms with Crippen LogP contribution in [0, 0.1) is 0 Å². The lowest BCUT2D eigenvalue weighted by molar-refractivity contribution is 0.0693. The van der Waals surface area contributed by atoms with Gasteiger partial charge < -0.3 is 19.9 Å². The highest BCUT2D eigenvalue weighted by Gasteiger charge is 2.21. The van der Waals surface area contributed by atoms with Gasteiger partial charge in [0.05, 0.1) is 7.11 Å². The highest BCUT2D eigenvalue weighted by Crippen LogP contribution is 2.36. The molecule has 1 aromatic heterocycles. The number of methoxy groups -OCH3 is 1. The minimum Gasteiger partial charge on any atom is -0.507 e. The van der Waals surface area contributed by atoms with Crippen molar-refractivity contribution in [1.82, 2.24) is 4.98 Å². The first-order valence-corrected chi connectivity index (χ1v) is 7.99. The molecule has 0 spiro atoms. The molecule has 0 atom stereocenters. The Morgan fingerprint density at radius 3 is 2.58 bits per heavy atom. The van der Waals surface area contributed by atoms with Gasteiger partial charge in [0, 0.05) is 29.6 Å². The second kappa shape index (κ2) is 8.20. The van der Waals surface area contributed by atoms with Gasteiger partial charge >= 0.3 is 5.97 Å². The maximum atomic E-state index is 11.7. The highest BCUT2D eigenvalue weighted by atomic mass is 16.5. The number of benzene rings is 1. The van der Waals surface area contributed by atoms with E-state index in [-0.39, 0.29) is 22.3 Å². The number of H-pyrrole nitrogens is 1. The molecule has 0 bridgehead atoms. The number of carboxylic acids is 1. The molecule has 0 aliphatic carbocycles. The van der Waals surface area contributed by atoms with Crippen LogP contribution < -0.4 is 10.2 Å². The zero-order valence-corrected chi connectivity index (χ0v) is 14.9. The largest absolute Gasteiger partial charge is 0.507 e. The average Bonchev–Trinajstić information content (AvgIpc) is 2.57. The number of aromatic hydroxyl groups is 1. The lowest BCUT2D eigenvalue weighted by Gasteiger charge is -2.14. The van der Waals surface area contributed by atoms with Crippen LogP contribution in [-0.2, 0) is 6.42 Å². The summed E-state index contributed by atoms with van der Waals surface area (Å²) >= 11 is 0. The van der Waals surface area contributed by atoms with E-state index >= 15 is 0 Å². The summed E-state index contributed by atoms with van der Waals surface area (Å²) in [6, 6.07) is 4.33. The topological polar surface area (TPSA) is 99.6 Å². The van der Waals surface area contributed by atoms with Crippen LogP contribution in [0.2, 0.25) is 0 Å². The van der Waals surface area contributed by atoms with Crippen molar-refractivity contribution in [2.45, 2.75) is 20.3 Å². The van der Waals surface area contributed by atoms with E-state index < -0.39 is 5.97 Å². The Morgan fingerprint density at radius 2 is 2.00 bits per heavy atom. The van der Waals surface area contributed by atoms with Gasteiger partial charge in [-0.2, -0.15) is 0 Å². The van der Waals surface area contributed by atoms with E-state index in [4.69, 9.17) is 4.74 Å². The maximum Gasteiger partial charge on any atom is 0.340 e. The van der Waals surface area contributed by atoms with Crippen molar-refractivity contribution in [1.29, 1.82) is 0 Å². The van der Waals surface area contributed by atoms with E-state index in [2.05, 4.69) is 4.98 Å². The van der Waals surface area contributed by atoms with Gasteiger partial charge in [0.25, 0.3) is 0 Å². The maximum absolute atomic E-state index is 11.7. The molecule has 0 saturated heterocycles. The molecule has 0 aliphatic rings. The van der Waals surface area contributed by atoms with Crippen molar-refractivity contribution in [3.8, 4) is 11.5 Å². The molecule has 2 aromatic rings. The second-order valence-corrected chi connectivity index (χ2v) is 5.97. The molecule has 2 rings (SSSR count). The van der Waals surface area contributed by atoms with Crippen molar-refractivity contribution in [2.24, 2.45) is 0 Å². The number of aromatic nitrogens is 1. The van der Waals surface area contributed by atoms with Crippen LogP contribution in [-0.4, -0.2) is 28.3 Å². The van der Waals surface area contributed by atoms with Crippen LogP contribution in [0.5, 0.6) is 11.5 Å². The van der Waals surface area contributed by atoms with Gasteiger partial charge in [-0.05, 0) is 38.0 Å². The van der Waals surface area contributed by atoms with Crippen molar-refractivity contribution >= 4 is 18.1 Å². The summed E-state index contributed by atoms with van der Waals surface area (Å²) in [5.74, 6) is -1.17. The van der Waals surface area contributed by atoms with Gasteiger partial charge in [0.2, 0.25) is 0 Å².